The second kappa shape index (κ2) is 5.81. The number of nitrogens with one attached hydrogen (secondary N) is 1. The van der Waals surface area contributed by atoms with Gasteiger partial charge in [0.2, 0.25) is 0 Å². The molecule has 0 unspecified atom stereocenters. The topological polar surface area (TPSA) is 45.0 Å². The average Bonchev–Trinajstić information content (AvgIpc) is 2.31. The summed E-state index contributed by atoms with van der Waals surface area (Å²) in [4.78, 5) is 0. The zero-order chi connectivity index (χ0) is 12.9. The number of aryl methyl sites for hydroxylation is 1. The number of hydrogen-bond acceptors (Lipinski definition) is 3. The van der Waals surface area contributed by atoms with Crippen LogP contribution in [0.5, 0.6) is 0 Å². The maximum absolute atomic E-state index is 8.79. The van der Waals surface area contributed by atoms with Crippen LogP contribution in [0.2, 0.25) is 0 Å². The summed E-state index contributed by atoms with van der Waals surface area (Å²) in [5, 5.41) is 12.1. The summed E-state index contributed by atoms with van der Waals surface area (Å²) in [6, 6.07) is 7.91. The Hall–Kier alpha value is -1.37. The van der Waals surface area contributed by atoms with Crippen LogP contribution in [0.1, 0.15) is 30.5 Å². The van der Waals surface area contributed by atoms with Crippen molar-refractivity contribution < 1.29 is 4.74 Å². The second-order valence-corrected chi connectivity index (χ2v) is 4.82. The molecule has 0 bridgehead atoms. The molecule has 1 N–H and O–H groups in total. The van der Waals surface area contributed by atoms with Gasteiger partial charge in [0.25, 0.3) is 0 Å². The van der Waals surface area contributed by atoms with E-state index in [2.05, 4.69) is 11.4 Å². The zero-order valence-electron chi connectivity index (χ0n) is 11.0. The molecule has 3 nitrogen and oxygen atoms in total. The van der Waals surface area contributed by atoms with Crippen molar-refractivity contribution in [1.82, 2.24) is 5.32 Å². The minimum absolute atomic E-state index is 0.152. The van der Waals surface area contributed by atoms with Gasteiger partial charge in [-0.3, -0.25) is 0 Å². The predicted octanol–water partition coefficient (Wildman–Crippen LogP) is 2.38. The van der Waals surface area contributed by atoms with Gasteiger partial charge in [-0.2, -0.15) is 5.26 Å². The first-order chi connectivity index (χ1) is 7.98. The van der Waals surface area contributed by atoms with Gasteiger partial charge in [0.05, 0.1) is 17.2 Å². The molecule has 0 aromatic heterocycles. The van der Waals surface area contributed by atoms with Crippen LogP contribution < -0.4 is 5.32 Å². The summed E-state index contributed by atoms with van der Waals surface area (Å²) in [5.74, 6) is 0. The van der Waals surface area contributed by atoms with Gasteiger partial charge in [0, 0.05) is 20.2 Å². The number of methoxy groups -OCH3 is 1. The SMILES string of the molecule is COC(C)(C)CNCc1ccc(C#N)cc1C. The third-order valence-electron chi connectivity index (χ3n) is 2.89. The number of rotatable bonds is 5. The molecular weight excluding hydrogens is 212 g/mol. The van der Waals surface area contributed by atoms with E-state index in [0.29, 0.717) is 5.56 Å². The van der Waals surface area contributed by atoms with Crippen molar-refractivity contribution in [2.75, 3.05) is 13.7 Å². The van der Waals surface area contributed by atoms with Crippen molar-refractivity contribution in [2.45, 2.75) is 32.9 Å². The Morgan fingerprint density at radius 1 is 1.41 bits per heavy atom. The fourth-order valence-corrected chi connectivity index (χ4v) is 1.53. The summed E-state index contributed by atoms with van der Waals surface area (Å²) >= 11 is 0. The number of nitriles is 1. The molecule has 3 heteroatoms. The van der Waals surface area contributed by atoms with Gasteiger partial charge in [-0.15, -0.1) is 0 Å². The molecule has 1 aromatic carbocycles. The monoisotopic (exact) mass is 232 g/mol. The molecule has 0 aliphatic rings. The number of nitrogens with zero attached hydrogens (tertiary/aromatic N) is 1. The van der Waals surface area contributed by atoms with Gasteiger partial charge >= 0.3 is 0 Å². The molecule has 0 heterocycles. The molecule has 92 valence electrons. The van der Waals surface area contributed by atoms with E-state index in [1.165, 1.54) is 5.56 Å². The lowest BCUT2D eigenvalue weighted by Crippen LogP contribution is -2.36. The normalized spacial score (nSPS) is 11.2. The van der Waals surface area contributed by atoms with Gasteiger partial charge in [-0.05, 0) is 44.0 Å². The van der Waals surface area contributed by atoms with E-state index in [9.17, 15) is 0 Å². The van der Waals surface area contributed by atoms with Gasteiger partial charge in [-0.25, -0.2) is 0 Å². The molecule has 1 rings (SSSR count). The maximum atomic E-state index is 8.79. The molecule has 0 fully saturated rings. The fraction of sp³-hybridized carbons (Fsp3) is 0.500. The second-order valence-electron chi connectivity index (χ2n) is 4.82. The molecule has 0 radical (unpaired) electrons. The first kappa shape index (κ1) is 13.7. The molecule has 0 spiro atoms. The minimum atomic E-state index is -0.152. The Balaban J connectivity index is 2.56. The average molecular weight is 232 g/mol. The lowest BCUT2D eigenvalue weighted by atomic mass is 10.0. The van der Waals surface area contributed by atoms with E-state index < -0.39 is 0 Å². The van der Waals surface area contributed by atoms with Crippen LogP contribution in [0, 0.1) is 18.3 Å². The molecule has 0 aliphatic heterocycles. The third kappa shape index (κ3) is 4.18. The highest BCUT2D eigenvalue weighted by atomic mass is 16.5. The van der Waals surface area contributed by atoms with E-state index >= 15 is 0 Å². The van der Waals surface area contributed by atoms with Crippen LogP contribution in [-0.2, 0) is 11.3 Å². The largest absolute Gasteiger partial charge is 0.377 e. The Bertz CT molecular complexity index is 419. The summed E-state index contributed by atoms with van der Waals surface area (Å²) in [7, 11) is 1.72. The van der Waals surface area contributed by atoms with E-state index in [4.69, 9.17) is 10.00 Å². The van der Waals surface area contributed by atoms with Crippen molar-refractivity contribution in [3.8, 4) is 6.07 Å². The lowest BCUT2D eigenvalue weighted by Gasteiger charge is -2.23. The van der Waals surface area contributed by atoms with Crippen molar-refractivity contribution in [3.63, 3.8) is 0 Å². The number of ether oxygens (including phenoxy) is 1. The Morgan fingerprint density at radius 2 is 2.12 bits per heavy atom. The number of benzene rings is 1. The standard InChI is InChI=1S/C14H20N2O/c1-11-7-12(8-15)5-6-13(11)9-16-10-14(2,3)17-4/h5-7,16H,9-10H2,1-4H3. The highest BCUT2D eigenvalue weighted by Gasteiger charge is 2.15. The van der Waals surface area contributed by atoms with E-state index in [0.717, 1.165) is 18.7 Å². The van der Waals surface area contributed by atoms with Crippen molar-refractivity contribution >= 4 is 0 Å². The van der Waals surface area contributed by atoms with E-state index in [1.54, 1.807) is 7.11 Å². The Labute approximate surface area is 103 Å². The molecular formula is C14H20N2O. The van der Waals surface area contributed by atoms with E-state index in [1.807, 2.05) is 39.0 Å². The third-order valence-corrected chi connectivity index (χ3v) is 2.89. The van der Waals surface area contributed by atoms with Gasteiger partial charge in [0.1, 0.15) is 0 Å². The summed E-state index contributed by atoms with van der Waals surface area (Å²) in [6.45, 7) is 7.71. The van der Waals surface area contributed by atoms with Crippen LogP contribution >= 0.6 is 0 Å². The van der Waals surface area contributed by atoms with Crippen LogP contribution in [0.15, 0.2) is 18.2 Å². The Kier molecular flexibility index (Phi) is 4.68. The molecule has 0 saturated heterocycles. The minimum Gasteiger partial charge on any atom is -0.377 e. The van der Waals surface area contributed by atoms with Crippen LogP contribution in [0.3, 0.4) is 0 Å². The first-order valence-corrected chi connectivity index (χ1v) is 5.74. The van der Waals surface area contributed by atoms with Gasteiger partial charge < -0.3 is 10.1 Å². The smallest absolute Gasteiger partial charge is 0.0991 e. The summed E-state index contributed by atoms with van der Waals surface area (Å²) in [6.07, 6.45) is 0. The Morgan fingerprint density at radius 3 is 2.65 bits per heavy atom. The fourth-order valence-electron chi connectivity index (χ4n) is 1.53. The van der Waals surface area contributed by atoms with Crippen molar-refractivity contribution in [1.29, 1.82) is 5.26 Å². The zero-order valence-corrected chi connectivity index (χ0v) is 11.0. The summed E-state index contributed by atoms with van der Waals surface area (Å²) in [5.41, 5.74) is 2.92. The maximum Gasteiger partial charge on any atom is 0.0991 e. The molecule has 0 saturated carbocycles. The molecule has 0 atom stereocenters. The molecule has 0 amide bonds. The van der Waals surface area contributed by atoms with Crippen LogP contribution in [-0.4, -0.2) is 19.3 Å². The van der Waals surface area contributed by atoms with Gasteiger partial charge in [-0.1, -0.05) is 6.07 Å². The van der Waals surface area contributed by atoms with Crippen molar-refractivity contribution in [3.05, 3.63) is 34.9 Å². The molecule has 17 heavy (non-hydrogen) atoms. The van der Waals surface area contributed by atoms with Crippen molar-refractivity contribution in [2.24, 2.45) is 0 Å². The molecule has 1 aromatic rings. The highest BCUT2D eigenvalue weighted by Crippen LogP contribution is 2.11. The first-order valence-electron chi connectivity index (χ1n) is 5.74. The van der Waals surface area contributed by atoms with E-state index in [-0.39, 0.29) is 5.60 Å². The quantitative estimate of drug-likeness (QED) is 0.847. The van der Waals surface area contributed by atoms with Crippen LogP contribution in [0.25, 0.3) is 0 Å². The highest BCUT2D eigenvalue weighted by molar-refractivity contribution is 5.37. The molecule has 0 aliphatic carbocycles. The lowest BCUT2D eigenvalue weighted by molar-refractivity contribution is 0.0230. The summed E-state index contributed by atoms with van der Waals surface area (Å²) < 4.78 is 5.34. The van der Waals surface area contributed by atoms with Crippen LogP contribution in [0.4, 0.5) is 0 Å². The number of hydrogen-bond donors (Lipinski definition) is 1. The van der Waals surface area contributed by atoms with Gasteiger partial charge in [0.15, 0.2) is 0 Å². The predicted molar refractivity (Wildman–Crippen MR) is 68.7 cm³/mol.